The molecule has 0 aliphatic carbocycles. The zero-order valence-corrected chi connectivity index (χ0v) is 32.5. The molecule has 9 rings (SSSR count). The van der Waals surface area contributed by atoms with Crippen LogP contribution in [0, 0.1) is 0 Å². The van der Waals surface area contributed by atoms with Gasteiger partial charge in [-0.2, -0.15) is 0 Å². The Balaban J connectivity index is 1.48. The van der Waals surface area contributed by atoms with Gasteiger partial charge >= 0.3 is 11.9 Å². The highest BCUT2D eigenvalue weighted by molar-refractivity contribution is 5.88. The Morgan fingerprint density at radius 1 is 0.458 bits per heavy atom. The van der Waals surface area contributed by atoms with E-state index in [1.807, 2.05) is 48.5 Å². The van der Waals surface area contributed by atoms with Crippen LogP contribution in [0.1, 0.15) is 22.3 Å². The van der Waals surface area contributed by atoms with Crippen LogP contribution < -0.4 is 0 Å². The predicted octanol–water partition coefficient (Wildman–Crippen LogP) is 10.8. The maximum Gasteiger partial charge on any atom is 0.330 e. The van der Waals surface area contributed by atoms with Crippen LogP contribution in [0.3, 0.4) is 0 Å². The second kappa shape index (κ2) is 15.5. The maximum absolute atomic E-state index is 13.5. The standard InChI is InChI=1S/C53H42O6/c1-3-49(54)56-35-51(45-25-21-37-13-5-9-17-41(37)31-45,46-26-22-38-14-6-10-18-42(38)32-46)53(58-29-30-59-53)52(36-57-50(55)4-2,47-27-23-39-15-7-11-19-43(39)33-47)48-28-24-40-16-8-12-20-44(40)34-48/h3-28,31-34H,1-2,29-30,35-36H2. The van der Waals surface area contributed by atoms with Gasteiger partial charge in [0.25, 0.3) is 0 Å². The minimum Gasteiger partial charge on any atom is -0.461 e. The normalized spacial score (nSPS) is 14.0. The number of hydrogen-bond donors (Lipinski definition) is 0. The molecule has 6 heteroatoms. The van der Waals surface area contributed by atoms with E-state index in [9.17, 15) is 9.59 Å². The molecule has 0 atom stereocenters. The first-order valence-corrected chi connectivity index (χ1v) is 19.7. The SMILES string of the molecule is C=CC(=O)OCC(c1ccc2ccccc2c1)(c1ccc2ccccc2c1)C1(C(COC(=O)C=C)(c2ccc3ccccc3c2)c2ccc3ccccc3c2)OCCO1. The average Bonchev–Trinajstić information content (AvgIpc) is 3.80. The summed E-state index contributed by atoms with van der Waals surface area (Å²) in [6.45, 7) is 7.44. The molecule has 0 unspecified atom stereocenters. The largest absolute Gasteiger partial charge is 0.461 e. The molecule has 0 radical (unpaired) electrons. The summed E-state index contributed by atoms with van der Waals surface area (Å²) in [4.78, 5) is 27.0. The lowest BCUT2D eigenvalue weighted by atomic mass is 9.55. The molecule has 0 bridgehead atoms. The highest BCUT2D eigenvalue weighted by atomic mass is 16.7. The topological polar surface area (TPSA) is 71.1 Å². The smallest absolute Gasteiger partial charge is 0.330 e. The van der Waals surface area contributed by atoms with E-state index in [1.165, 1.54) is 12.2 Å². The van der Waals surface area contributed by atoms with E-state index in [1.54, 1.807) is 0 Å². The second-order valence-electron chi connectivity index (χ2n) is 15.0. The Morgan fingerprint density at radius 3 is 1.00 bits per heavy atom. The zero-order valence-electron chi connectivity index (χ0n) is 32.5. The molecule has 1 heterocycles. The van der Waals surface area contributed by atoms with Crippen LogP contribution in [0.2, 0.25) is 0 Å². The van der Waals surface area contributed by atoms with Crippen molar-refractivity contribution in [3.8, 4) is 0 Å². The number of hydrogen-bond acceptors (Lipinski definition) is 6. The van der Waals surface area contributed by atoms with E-state index < -0.39 is 28.6 Å². The molecular formula is C53H42O6. The summed E-state index contributed by atoms with van der Waals surface area (Å²) in [5.41, 5.74) is 0.178. The van der Waals surface area contributed by atoms with Gasteiger partial charge in [-0.1, -0.05) is 159 Å². The number of ether oxygens (including phenoxy) is 4. The Labute approximate surface area is 342 Å². The summed E-state index contributed by atoms with van der Waals surface area (Å²) in [6.07, 6.45) is 2.33. The quantitative estimate of drug-likeness (QED) is 0.0909. The molecule has 1 aliphatic rings. The number of rotatable bonds is 12. The molecule has 1 fully saturated rings. The minimum absolute atomic E-state index is 0.191. The fraction of sp³-hybridized carbons (Fsp3) is 0.132. The summed E-state index contributed by atoms with van der Waals surface area (Å²) in [5.74, 6) is -2.99. The number of carbonyl (C=O) groups excluding carboxylic acids is 2. The number of esters is 2. The Hall–Kier alpha value is -6.86. The van der Waals surface area contributed by atoms with Gasteiger partial charge < -0.3 is 18.9 Å². The Morgan fingerprint density at radius 2 is 0.729 bits per heavy atom. The third-order valence-corrected chi connectivity index (χ3v) is 12.0. The molecule has 1 saturated heterocycles. The van der Waals surface area contributed by atoms with Gasteiger partial charge in [0.1, 0.15) is 24.0 Å². The van der Waals surface area contributed by atoms with E-state index in [2.05, 4.69) is 134 Å². The summed E-state index contributed by atoms with van der Waals surface area (Å²) in [6, 6.07) is 57.6. The monoisotopic (exact) mass is 774 g/mol. The van der Waals surface area contributed by atoms with Crippen LogP contribution >= 0.6 is 0 Å². The molecule has 0 spiro atoms. The van der Waals surface area contributed by atoms with Crippen molar-refractivity contribution < 1.29 is 28.5 Å². The zero-order chi connectivity index (χ0) is 40.5. The lowest BCUT2D eigenvalue weighted by Gasteiger charge is -2.56. The Kier molecular flexibility index (Phi) is 9.89. The highest BCUT2D eigenvalue weighted by Crippen LogP contribution is 2.60. The molecule has 0 saturated carbocycles. The van der Waals surface area contributed by atoms with E-state index in [0.29, 0.717) is 0 Å². The average molecular weight is 775 g/mol. The van der Waals surface area contributed by atoms with Gasteiger partial charge in [-0.15, -0.1) is 0 Å². The van der Waals surface area contributed by atoms with Crippen LogP contribution in [0.4, 0.5) is 0 Å². The highest BCUT2D eigenvalue weighted by Gasteiger charge is 2.71. The molecule has 290 valence electrons. The van der Waals surface area contributed by atoms with Gasteiger partial charge in [0.2, 0.25) is 5.79 Å². The van der Waals surface area contributed by atoms with Crippen molar-refractivity contribution in [2.75, 3.05) is 26.4 Å². The van der Waals surface area contributed by atoms with Gasteiger partial charge in [-0.25, -0.2) is 9.59 Å². The predicted molar refractivity (Wildman–Crippen MR) is 234 cm³/mol. The van der Waals surface area contributed by atoms with E-state index in [4.69, 9.17) is 18.9 Å². The number of carbonyl (C=O) groups is 2. The third-order valence-electron chi connectivity index (χ3n) is 12.0. The van der Waals surface area contributed by atoms with Crippen LogP contribution in [0.25, 0.3) is 43.1 Å². The van der Waals surface area contributed by atoms with E-state index in [-0.39, 0.29) is 26.4 Å². The molecule has 0 N–H and O–H groups in total. The summed E-state index contributed by atoms with van der Waals surface area (Å²) < 4.78 is 27.5. The molecule has 8 aromatic rings. The summed E-state index contributed by atoms with van der Waals surface area (Å²) >= 11 is 0. The van der Waals surface area contributed by atoms with Crippen molar-refractivity contribution in [3.05, 3.63) is 217 Å². The number of fused-ring (bicyclic) bond motifs is 4. The van der Waals surface area contributed by atoms with Crippen molar-refractivity contribution in [3.63, 3.8) is 0 Å². The first-order valence-electron chi connectivity index (χ1n) is 19.7. The maximum atomic E-state index is 13.5. The first-order chi connectivity index (χ1) is 28.9. The van der Waals surface area contributed by atoms with Gasteiger partial charge in [0, 0.05) is 12.2 Å². The van der Waals surface area contributed by atoms with Gasteiger partial charge in [0.15, 0.2) is 0 Å². The summed E-state index contributed by atoms with van der Waals surface area (Å²) in [5, 5.41) is 8.01. The second-order valence-corrected chi connectivity index (χ2v) is 15.0. The Bertz CT molecular complexity index is 2550. The fourth-order valence-electron chi connectivity index (χ4n) is 9.18. The number of benzene rings is 8. The fourth-order valence-corrected chi connectivity index (χ4v) is 9.18. The molecule has 6 nitrogen and oxygen atoms in total. The third kappa shape index (κ3) is 6.29. The molecule has 8 aromatic carbocycles. The van der Waals surface area contributed by atoms with Gasteiger partial charge in [-0.05, 0) is 89.6 Å². The van der Waals surface area contributed by atoms with E-state index >= 15 is 0 Å². The van der Waals surface area contributed by atoms with Crippen LogP contribution in [0.5, 0.6) is 0 Å². The van der Waals surface area contributed by atoms with Crippen LogP contribution in [-0.4, -0.2) is 44.2 Å². The lowest BCUT2D eigenvalue weighted by molar-refractivity contribution is -0.252. The van der Waals surface area contributed by atoms with Crippen molar-refractivity contribution in [2.24, 2.45) is 0 Å². The molecule has 1 aliphatic heterocycles. The molecular weight excluding hydrogens is 733 g/mol. The summed E-state index contributed by atoms with van der Waals surface area (Å²) in [7, 11) is 0. The lowest BCUT2D eigenvalue weighted by Crippen LogP contribution is -2.69. The van der Waals surface area contributed by atoms with Crippen LogP contribution in [-0.2, 0) is 39.4 Å². The van der Waals surface area contributed by atoms with Gasteiger partial charge in [-0.3, -0.25) is 0 Å². The van der Waals surface area contributed by atoms with Crippen molar-refractivity contribution in [1.82, 2.24) is 0 Å². The van der Waals surface area contributed by atoms with Crippen molar-refractivity contribution >= 4 is 55.0 Å². The minimum atomic E-state index is -1.78. The van der Waals surface area contributed by atoms with Crippen LogP contribution in [0.15, 0.2) is 195 Å². The van der Waals surface area contributed by atoms with E-state index in [0.717, 1.165) is 65.3 Å². The molecule has 0 amide bonds. The van der Waals surface area contributed by atoms with Crippen molar-refractivity contribution in [1.29, 1.82) is 0 Å². The molecule has 59 heavy (non-hydrogen) atoms. The first kappa shape index (κ1) is 37.7. The van der Waals surface area contributed by atoms with Gasteiger partial charge in [0.05, 0.1) is 13.2 Å². The van der Waals surface area contributed by atoms with Crippen molar-refractivity contribution in [2.45, 2.75) is 16.6 Å². The molecule has 0 aromatic heterocycles.